The van der Waals surface area contributed by atoms with Crippen molar-refractivity contribution in [1.29, 1.82) is 0 Å². The van der Waals surface area contributed by atoms with Gasteiger partial charge in [-0.2, -0.15) is 0 Å². The van der Waals surface area contributed by atoms with Gasteiger partial charge in [-0.15, -0.1) is 0 Å². The lowest BCUT2D eigenvalue weighted by Crippen LogP contribution is -2.31. The van der Waals surface area contributed by atoms with E-state index in [2.05, 4.69) is 22.0 Å². The van der Waals surface area contributed by atoms with E-state index in [0.717, 1.165) is 0 Å². The summed E-state index contributed by atoms with van der Waals surface area (Å²) >= 11 is 0. The Labute approximate surface area is 100 Å². The Morgan fingerprint density at radius 3 is 1.31 bits per heavy atom. The van der Waals surface area contributed by atoms with Gasteiger partial charge < -0.3 is 0 Å². The largest absolute Gasteiger partial charge is 0.300 e. The fourth-order valence-corrected chi connectivity index (χ4v) is 2.73. The van der Waals surface area contributed by atoms with Gasteiger partial charge >= 0.3 is 0 Å². The van der Waals surface area contributed by atoms with Gasteiger partial charge in [0.1, 0.15) is 0 Å². The van der Waals surface area contributed by atoms with Crippen molar-refractivity contribution in [3.05, 3.63) is 12.2 Å². The molecule has 16 heavy (non-hydrogen) atoms. The summed E-state index contributed by atoms with van der Waals surface area (Å²) in [4.78, 5) is 5.16. The van der Waals surface area contributed by atoms with Crippen LogP contribution in [0.25, 0.3) is 0 Å². The molecule has 0 spiro atoms. The highest BCUT2D eigenvalue weighted by Crippen LogP contribution is 2.09. The maximum Gasteiger partial charge on any atom is 0.0163 e. The Balaban J connectivity index is 1.57. The molecular weight excluding hydrogens is 196 g/mol. The van der Waals surface area contributed by atoms with Crippen LogP contribution in [0.2, 0.25) is 0 Å². The molecule has 0 radical (unpaired) electrons. The lowest BCUT2D eigenvalue weighted by Gasteiger charge is -2.26. The van der Waals surface area contributed by atoms with Gasteiger partial charge in [0.15, 0.2) is 0 Å². The normalized spacial score (nSPS) is 25.2. The molecule has 2 fully saturated rings. The van der Waals surface area contributed by atoms with Crippen LogP contribution >= 0.6 is 0 Å². The van der Waals surface area contributed by atoms with Gasteiger partial charge in [-0.05, 0) is 51.9 Å². The highest BCUT2D eigenvalue weighted by Gasteiger charge is 2.09. The molecule has 0 aliphatic carbocycles. The van der Waals surface area contributed by atoms with Crippen LogP contribution < -0.4 is 0 Å². The third-order valence-electron chi connectivity index (χ3n) is 3.79. The summed E-state index contributed by atoms with van der Waals surface area (Å²) in [6.45, 7) is 7.60. The predicted octanol–water partition coefficient (Wildman–Crippen LogP) is 2.51. The minimum Gasteiger partial charge on any atom is -0.300 e. The first-order valence-corrected chi connectivity index (χ1v) is 7.05. The molecule has 0 saturated carbocycles. The average molecular weight is 222 g/mol. The van der Waals surface area contributed by atoms with Crippen LogP contribution in [-0.4, -0.2) is 49.1 Å². The van der Waals surface area contributed by atoms with Crippen LogP contribution in [-0.2, 0) is 0 Å². The predicted molar refractivity (Wildman–Crippen MR) is 69.7 cm³/mol. The molecule has 0 bridgehead atoms. The van der Waals surface area contributed by atoms with Crippen molar-refractivity contribution in [2.75, 3.05) is 39.3 Å². The monoisotopic (exact) mass is 222 g/mol. The summed E-state index contributed by atoms with van der Waals surface area (Å²) in [6.07, 6.45) is 13.2. The summed E-state index contributed by atoms with van der Waals surface area (Å²) in [5.74, 6) is 0. The Bertz CT molecular complexity index is 179. The van der Waals surface area contributed by atoms with E-state index in [4.69, 9.17) is 0 Å². The maximum absolute atomic E-state index is 2.58. The molecule has 2 aliphatic rings. The van der Waals surface area contributed by atoms with E-state index in [1.807, 2.05) is 0 Å². The Hall–Kier alpha value is -0.340. The molecule has 0 aromatic heterocycles. The molecular formula is C14H26N2. The molecule has 0 N–H and O–H groups in total. The van der Waals surface area contributed by atoms with Gasteiger partial charge in [0.25, 0.3) is 0 Å². The van der Waals surface area contributed by atoms with Crippen molar-refractivity contribution in [2.45, 2.75) is 38.5 Å². The van der Waals surface area contributed by atoms with Crippen molar-refractivity contribution >= 4 is 0 Å². The van der Waals surface area contributed by atoms with Crippen molar-refractivity contribution in [2.24, 2.45) is 0 Å². The van der Waals surface area contributed by atoms with E-state index in [0.29, 0.717) is 0 Å². The molecule has 92 valence electrons. The number of nitrogens with zero attached hydrogens (tertiary/aromatic N) is 2. The highest BCUT2D eigenvalue weighted by atomic mass is 15.1. The molecule has 2 nitrogen and oxygen atoms in total. The number of hydrogen-bond donors (Lipinski definition) is 0. The van der Waals surface area contributed by atoms with Gasteiger partial charge in [0.2, 0.25) is 0 Å². The lowest BCUT2D eigenvalue weighted by atomic mass is 10.1. The second kappa shape index (κ2) is 7.08. The standard InChI is InChI=1S/C14H26N2/c1-3-9-15(10-4-1)13-7-8-14-16-11-5-2-6-12-16/h7-8H,1-6,9-14H2/b8-7+. The van der Waals surface area contributed by atoms with Crippen molar-refractivity contribution in [3.63, 3.8) is 0 Å². The first-order valence-electron chi connectivity index (χ1n) is 7.05. The molecule has 2 heteroatoms. The third kappa shape index (κ3) is 4.26. The number of hydrogen-bond acceptors (Lipinski definition) is 2. The maximum atomic E-state index is 2.58. The van der Waals surface area contributed by atoms with E-state index in [9.17, 15) is 0 Å². The third-order valence-corrected chi connectivity index (χ3v) is 3.79. The fraction of sp³-hybridized carbons (Fsp3) is 0.857. The van der Waals surface area contributed by atoms with E-state index in [1.54, 1.807) is 0 Å². The van der Waals surface area contributed by atoms with Crippen LogP contribution in [0.5, 0.6) is 0 Å². The minimum absolute atomic E-state index is 1.17. The van der Waals surface area contributed by atoms with Crippen molar-refractivity contribution in [1.82, 2.24) is 9.80 Å². The summed E-state index contributed by atoms with van der Waals surface area (Å²) in [6, 6.07) is 0. The first-order chi connectivity index (χ1) is 7.95. The summed E-state index contributed by atoms with van der Waals surface area (Å²) < 4.78 is 0. The van der Waals surface area contributed by atoms with E-state index in [-0.39, 0.29) is 0 Å². The van der Waals surface area contributed by atoms with Crippen molar-refractivity contribution < 1.29 is 0 Å². The summed E-state index contributed by atoms with van der Waals surface area (Å²) in [5, 5.41) is 0. The molecule has 0 unspecified atom stereocenters. The van der Waals surface area contributed by atoms with Crippen LogP contribution in [0.4, 0.5) is 0 Å². The van der Waals surface area contributed by atoms with Gasteiger partial charge in [-0.3, -0.25) is 9.80 Å². The number of likely N-dealkylation sites (tertiary alicyclic amines) is 2. The molecule has 0 atom stereocenters. The molecule has 2 rings (SSSR count). The zero-order chi connectivity index (χ0) is 11.1. The smallest absolute Gasteiger partial charge is 0.0163 e. The SMILES string of the molecule is C(=C\CN1CCCCC1)/CN1CCCCC1. The lowest BCUT2D eigenvalue weighted by molar-refractivity contribution is 0.245. The molecule has 2 heterocycles. The Morgan fingerprint density at radius 1 is 0.562 bits per heavy atom. The van der Waals surface area contributed by atoms with Gasteiger partial charge in [-0.25, -0.2) is 0 Å². The van der Waals surface area contributed by atoms with Gasteiger partial charge in [0, 0.05) is 13.1 Å². The highest BCUT2D eigenvalue weighted by molar-refractivity contribution is 4.88. The number of rotatable bonds is 4. The van der Waals surface area contributed by atoms with E-state index < -0.39 is 0 Å². The first kappa shape index (κ1) is 12.1. The zero-order valence-electron chi connectivity index (χ0n) is 10.5. The minimum atomic E-state index is 1.17. The fourth-order valence-electron chi connectivity index (χ4n) is 2.73. The molecule has 0 aromatic carbocycles. The Morgan fingerprint density at radius 2 is 0.938 bits per heavy atom. The summed E-state index contributed by atoms with van der Waals surface area (Å²) in [7, 11) is 0. The quantitative estimate of drug-likeness (QED) is 0.674. The molecule has 2 saturated heterocycles. The van der Waals surface area contributed by atoms with Gasteiger partial charge in [-0.1, -0.05) is 25.0 Å². The van der Waals surface area contributed by atoms with Gasteiger partial charge in [0.05, 0.1) is 0 Å². The Kier molecular flexibility index (Phi) is 5.36. The molecule has 2 aliphatic heterocycles. The average Bonchev–Trinajstić information content (AvgIpc) is 2.37. The van der Waals surface area contributed by atoms with E-state index in [1.165, 1.54) is 77.8 Å². The zero-order valence-corrected chi connectivity index (χ0v) is 10.5. The van der Waals surface area contributed by atoms with Crippen LogP contribution in [0.15, 0.2) is 12.2 Å². The van der Waals surface area contributed by atoms with Crippen LogP contribution in [0.3, 0.4) is 0 Å². The van der Waals surface area contributed by atoms with Crippen molar-refractivity contribution in [3.8, 4) is 0 Å². The topological polar surface area (TPSA) is 6.48 Å². The molecule has 0 amide bonds. The van der Waals surface area contributed by atoms with E-state index >= 15 is 0 Å². The second-order valence-electron chi connectivity index (χ2n) is 5.19. The summed E-state index contributed by atoms with van der Waals surface area (Å²) in [5.41, 5.74) is 0. The molecule has 0 aromatic rings. The second-order valence-corrected chi connectivity index (χ2v) is 5.19. The van der Waals surface area contributed by atoms with Crippen LogP contribution in [0, 0.1) is 0 Å². The van der Waals surface area contributed by atoms with Crippen LogP contribution in [0.1, 0.15) is 38.5 Å². The number of piperidine rings is 2.